The molecule has 0 saturated carbocycles. The van der Waals surface area contributed by atoms with Crippen molar-refractivity contribution in [2.45, 2.75) is 36.3 Å². The molecule has 1 aromatic rings. The fourth-order valence-corrected chi connectivity index (χ4v) is 1.52. The van der Waals surface area contributed by atoms with Crippen LogP contribution in [-0.4, -0.2) is 39.6 Å². The Kier molecular flexibility index (Phi) is 5.25. The molecule has 0 amide bonds. The number of nitrogens with zero attached hydrogens (tertiary/aromatic N) is 2. The van der Waals surface area contributed by atoms with Gasteiger partial charge in [0.2, 0.25) is 0 Å². The maximum absolute atomic E-state index is 13.4. The summed E-state index contributed by atoms with van der Waals surface area (Å²) in [6.45, 7) is 0. The second-order valence-electron chi connectivity index (χ2n) is 4.85. The van der Waals surface area contributed by atoms with Crippen LogP contribution in [0.2, 0.25) is 0 Å². The third-order valence-corrected chi connectivity index (χ3v) is 2.90. The minimum atomic E-state index is -7.69. The Morgan fingerprint density at radius 2 is 1.14 bits per heavy atom. The van der Waals surface area contributed by atoms with Gasteiger partial charge in [0.25, 0.3) is 0 Å². The molecule has 0 radical (unpaired) electrons. The molecule has 0 aliphatic rings. The maximum Gasteiger partial charge on any atom is 0.460 e. The lowest BCUT2D eigenvalue weighted by Crippen LogP contribution is -2.64. The third-order valence-electron chi connectivity index (χ3n) is 2.90. The van der Waals surface area contributed by atoms with Gasteiger partial charge in [0.05, 0.1) is 0 Å². The van der Waals surface area contributed by atoms with Crippen molar-refractivity contribution >= 4 is 5.91 Å². The Labute approximate surface area is 141 Å². The van der Waals surface area contributed by atoms with E-state index in [1.54, 1.807) is 5.10 Å². The molecule has 0 aromatic carbocycles. The van der Waals surface area contributed by atoms with Gasteiger partial charge in [-0.1, -0.05) is 0 Å². The molecule has 0 atom stereocenters. The summed E-state index contributed by atoms with van der Waals surface area (Å²) in [6, 6.07) is -1.12. The van der Waals surface area contributed by atoms with Crippen LogP contribution in [0.4, 0.5) is 65.9 Å². The Balaban J connectivity index is 3.66. The Hall–Kier alpha value is -2.17. The second-order valence-corrected chi connectivity index (χ2v) is 4.85. The van der Waals surface area contributed by atoms with Gasteiger partial charge in [0, 0.05) is 6.07 Å². The summed E-state index contributed by atoms with van der Waals surface area (Å²) < 4.78 is 187. The summed E-state index contributed by atoms with van der Waals surface area (Å²) in [5.41, 5.74) is -5.81. The zero-order chi connectivity index (χ0) is 22.7. The van der Waals surface area contributed by atoms with Crippen molar-refractivity contribution in [1.82, 2.24) is 9.78 Å². The standard InChI is InChI=1S/C10HF15N2O/c11-5(12,8(19,20)9(21,22)10(23,24)25)4(28)27-3(7(16,17)18)1-2(26-27)6(13,14)15/h1H. The molecule has 1 aromatic heterocycles. The number of halogens is 15. The summed E-state index contributed by atoms with van der Waals surface area (Å²) in [4.78, 5) is 11.2. The highest BCUT2D eigenvalue weighted by molar-refractivity contribution is 5.87. The number of carbonyl (C=O) groups excluding carboxylic acids is 1. The molecule has 0 unspecified atom stereocenters. The molecule has 0 N–H and O–H groups in total. The van der Waals surface area contributed by atoms with Crippen LogP contribution in [0, 0.1) is 0 Å². The predicted octanol–water partition coefficient (Wildman–Crippen LogP) is 5.03. The van der Waals surface area contributed by atoms with E-state index in [9.17, 15) is 70.7 Å². The zero-order valence-corrected chi connectivity index (χ0v) is 12.0. The molecule has 18 heteroatoms. The van der Waals surface area contributed by atoms with E-state index in [-0.39, 0.29) is 0 Å². The van der Waals surface area contributed by atoms with Crippen molar-refractivity contribution in [2.24, 2.45) is 0 Å². The highest BCUT2D eigenvalue weighted by atomic mass is 19.4. The Morgan fingerprint density at radius 3 is 1.46 bits per heavy atom. The third kappa shape index (κ3) is 3.59. The molecule has 3 nitrogen and oxygen atoms in total. The largest absolute Gasteiger partial charge is 0.460 e. The van der Waals surface area contributed by atoms with E-state index in [1.807, 2.05) is 0 Å². The quantitative estimate of drug-likeness (QED) is 0.606. The van der Waals surface area contributed by atoms with Gasteiger partial charge in [-0.15, -0.1) is 0 Å². The van der Waals surface area contributed by atoms with Gasteiger partial charge in [0.15, 0.2) is 11.4 Å². The van der Waals surface area contributed by atoms with Crippen LogP contribution in [-0.2, 0) is 12.4 Å². The van der Waals surface area contributed by atoms with Crippen LogP contribution in [0.3, 0.4) is 0 Å². The molecule has 0 aliphatic heterocycles. The van der Waals surface area contributed by atoms with Gasteiger partial charge in [-0.05, 0) is 0 Å². The molecular weight excluding hydrogens is 449 g/mol. The van der Waals surface area contributed by atoms with Gasteiger partial charge >= 0.3 is 42.2 Å². The number of aromatic nitrogens is 2. The molecule has 1 rings (SSSR count). The SMILES string of the molecule is O=C(n1nc(C(F)(F)F)cc1C(F)(F)F)C(F)(F)C(F)(F)C(F)(F)C(F)(F)F. The molecule has 28 heavy (non-hydrogen) atoms. The topological polar surface area (TPSA) is 34.9 Å². The fourth-order valence-electron chi connectivity index (χ4n) is 1.52. The molecule has 1 heterocycles. The van der Waals surface area contributed by atoms with Gasteiger partial charge < -0.3 is 0 Å². The average molecular weight is 450 g/mol. The number of rotatable bonds is 3. The predicted molar refractivity (Wildman–Crippen MR) is 53.8 cm³/mol. The van der Waals surface area contributed by atoms with Crippen molar-refractivity contribution in [3.8, 4) is 0 Å². The minimum Gasteiger partial charge on any atom is -0.265 e. The summed E-state index contributed by atoms with van der Waals surface area (Å²) in [7, 11) is 0. The van der Waals surface area contributed by atoms with E-state index in [0.29, 0.717) is 0 Å². The van der Waals surface area contributed by atoms with E-state index < -0.39 is 64.3 Å². The van der Waals surface area contributed by atoms with Crippen LogP contribution < -0.4 is 0 Å². The fraction of sp³-hybridized carbons (Fsp3) is 0.600. The molecule has 0 fully saturated rings. The van der Waals surface area contributed by atoms with Crippen molar-refractivity contribution in [1.29, 1.82) is 0 Å². The van der Waals surface area contributed by atoms with Crippen LogP contribution in [0.1, 0.15) is 16.2 Å². The van der Waals surface area contributed by atoms with Gasteiger partial charge in [-0.2, -0.15) is 75.6 Å². The van der Waals surface area contributed by atoms with Crippen molar-refractivity contribution in [3.63, 3.8) is 0 Å². The maximum atomic E-state index is 13.4. The van der Waals surface area contributed by atoms with Crippen LogP contribution >= 0.6 is 0 Å². The van der Waals surface area contributed by atoms with Gasteiger partial charge in [-0.3, -0.25) is 4.79 Å². The van der Waals surface area contributed by atoms with Gasteiger partial charge in [-0.25, -0.2) is 0 Å². The zero-order valence-electron chi connectivity index (χ0n) is 12.0. The second kappa shape index (κ2) is 6.16. The molecule has 0 aliphatic carbocycles. The van der Waals surface area contributed by atoms with Crippen LogP contribution in [0.25, 0.3) is 0 Å². The van der Waals surface area contributed by atoms with Gasteiger partial charge in [0.1, 0.15) is 0 Å². The average Bonchev–Trinajstić information content (AvgIpc) is 2.89. The van der Waals surface area contributed by atoms with Crippen LogP contribution in [0.15, 0.2) is 6.07 Å². The number of hydrogen-bond donors (Lipinski definition) is 0. The minimum absolute atomic E-state index is 1.12. The number of carbonyl (C=O) groups is 1. The van der Waals surface area contributed by atoms with Crippen molar-refractivity contribution < 1.29 is 70.7 Å². The monoisotopic (exact) mass is 450 g/mol. The molecular formula is C10HF15N2O. The normalized spacial score (nSPS) is 15.1. The lowest BCUT2D eigenvalue weighted by atomic mass is 10.0. The first-order chi connectivity index (χ1) is 12.0. The smallest absolute Gasteiger partial charge is 0.265 e. The summed E-state index contributed by atoms with van der Waals surface area (Å²) >= 11 is 0. The summed E-state index contributed by atoms with van der Waals surface area (Å²) in [6.07, 6.45) is -19.4. The van der Waals surface area contributed by atoms with Crippen LogP contribution in [0.5, 0.6) is 0 Å². The van der Waals surface area contributed by atoms with E-state index in [4.69, 9.17) is 0 Å². The Bertz CT molecular complexity index is 750. The first-order valence-electron chi connectivity index (χ1n) is 5.99. The van der Waals surface area contributed by atoms with E-state index in [2.05, 4.69) is 0 Å². The number of hydrogen-bond acceptors (Lipinski definition) is 2. The van der Waals surface area contributed by atoms with E-state index in [1.165, 1.54) is 0 Å². The Morgan fingerprint density at radius 1 is 0.714 bits per heavy atom. The summed E-state index contributed by atoms with van der Waals surface area (Å²) in [5.74, 6) is -26.8. The lowest BCUT2D eigenvalue weighted by Gasteiger charge is -2.32. The summed E-state index contributed by atoms with van der Waals surface area (Å²) in [5, 5.41) is 1.65. The first kappa shape index (κ1) is 23.9. The highest BCUT2D eigenvalue weighted by Gasteiger charge is 2.84. The molecule has 0 spiro atoms. The first-order valence-corrected chi connectivity index (χ1v) is 5.99. The molecule has 162 valence electrons. The lowest BCUT2D eigenvalue weighted by molar-refractivity contribution is -0.387. The molecule has 0 saturated heterocycles. The van der Waals surface area contributed by atoms with E-state index >= 15 is 0 Å². The van der Waals surface area contributed by atoms with Crippen molar-refractivity contribution in [3.05, 3.63) is 17.5 Å². The number of alkyl halides is 15. The van der Waals surface area contributed by atoms with Crippen molar-refractivity contribution in [2.75, 3.05) is 0 Å². The van der Waals surface area contributed by atoms with E-state index in [0.717, 1.165) is 0 Å². The molecule has 0 bridgehead atoms. The highest BCUT2D eigenvalue weighted by Crippen LogP contribution is 2.53.